The lowest BCUT2D eigenvalue weighted by Crippen LogP contribution is -2.49. The van der Waals surface area contributed by atoms with Crippen molar-refractivity contribution in [3.63, 3.8) is 0 Å². The third-order valence-electron chi connectivity index (χ3n) is 4.98. The lowest BCUT2D eigenvalue weighted by atomic mass is 10.0. The minimum absolute atomic E-state index is 0.216. The van der Waals surface area contributed by atoms with E-state index in [0.717, 1.165) is 50.3 Å². The van der Waals surface area contributed by atoms with Crippen LogP contribution < -0.4 is 15.0 Å². The Morgan fingerprint density at radius 1 is 1.35 bits per heavy atom. The van der Waals surface area contributed by atoms with Crippen LogP contribution in [0.2, 0.25) is 0 Å². The van der Waals surface area contributed by atoms with Crippen LogP contribution in [-0.2, 0) is 11.2 Å². The molecule has 1 aromatic rings. The molecule has 0 spiro atoms. The second kappa shape index (κ2) is 7.32. The minimum Gasteiger partial charge on any atom is -0.497 e. The molecule has 1 atom stereocenters. The number of anilines is 1. The Hall–Kier alpha value is -1.59. The van der Waals surface area contributed by atoms with Crippen LogP contribution in [0.3, 0.4) is 0 Å². The predicted octanol–water partition coefficient (Wildman–Crippen LogP) is 1.66. The Bertz CT molecular complexity index is 561. The molecular weight excluding hydrogens is 290 g/mol. The number of piperidine rings is 1. The molecule has 0 radical (unpaired) electrons. The Kier molecular flexibility index (Phi) is 5.18. The first-order valence-corrected chi connectivity index (χ1v) is 8.58. The Morgan fingerprint density at radius 3 is 3.00 bits per heavy atom. The van der Waals surface area contributed by atoms with Crippen molar-refractivity contribution in [3.05, 3.63) is 23.8 Å². The van der Waals surface area contributed by atoms with Crippen molar-refractivity contribution >= 4 is 11.6 Å². The van der Waals surface area contributed by atoms with Crippen LogP contribution in [0.4, 0.5) is 5.69 Å². The molecule has 2 heterocycles. The first-order valence-electron chi connectivity index (χ1n) is 8.58. The zero-order chi connectivity index (χ0) is 16.2. The number of nitrogens with one attached hydrogen (secondary N) is 1. The topological polar surface area (TPSA) is 44.8 Å². The number of hydrogen-bond acceptors (Lipinski definition) is 4. The number of hydrogen-bond donors (Lipinski definition) is 1. The fourth-order valence-corrected chi connectivity index (χ4v) is 3.67. The summed E-state index contributed by atoms with van der Waals surface area (Å²) in [7, 11) is 3.69. The summed E-state index contributed by atoms with van der Waals surface area (Å²) in [4.78, 5) is 17.1. The summed E-state index contributed by atoms with van der Waals surface area (Å²) >= 11 is 0. The van der Waals surface area contributed by atoms with Crippen molar-refractivity contribution in [2.45, 2.75) is 31.7 Å². The molecule has 1 amide bonds. The van der Waals surface area contributed by atoms with Gasteiger partial charge >= 0.3 is 0 Å². The highest BCUT2D eigenvalue weighted by molar-refractivity contribution is 5.96. The molecular formula is C18H27N3O2. The van der Waals surface area contributed by atoms with E-state index in [2.05, 4.69) is 16.3 Å². The van der Waals surface area contributed by atoms with E-state index in [-0.39, 0.29) is 5.91 Å². The first kappa shape index (κ1) is 16.3. The van der Waals surface area contributed by atoms with Gasteiger partial charge in [0.1, 0.15) is 5.75 Å². The van der Waals surface area contributed by atoms with Gasteiger partial charge in [-0.2, -0.15) is 0 Å². The Labute approximate surface area is 138 Å². The largest absolute Gasteiger partial charge is 0.497 e. The molecule has 1 unspecified atom stereocenters. The molecule has 0 bridgehead atoms. The van der Waals surface area contributed by atoms with Gasteiger partial charge in [-0.15, -0.1) is 0 Å². The maximum absolute atomic E-state index is 12.8. The van der Waals surface area contributed by atoms with E-state index in [4.69, 9.17) is 4.74 Å². The quantitative estimate of drug-likeness (QED) is 0.917. The van der Waals surface area contributed by atoms with Crippen LogP contribution in [0.15, 0.2) is 18.2 Å². The van der Waals surface area contributed by atoms with E-state index in [1.54, 1.807) is 7.11 Å². The van der Waals surface area contributed by atoms with E-state index in [1.807, 2.05) is 24.1 Å². The number of benzene rings is 1. The summed E-state index contributed by atoms with van der Waals surface area (Å²) in [5, 5.41) is 3.33. The standard InChI is InChI=1S/C18H27N3O2/c1-19-15-6-4-9-20(12-15)13-18(22)21-10-3-5-14-11-16(23-2)7-8-17(14)21/h7-8,11,15,19H,3-6,9-10,12-13H2,1-2H3. The summed E-state index contributed by atoms with van der Waals surface area (Å²) in [5.41, 5.74) is 2.28. The van der Waals surface area contributed by atoms with Crippen LogP contribution in [0.1, 0.15) is 24.8 Å². The highest BCUT2D eigenvalue weighted by Crippen LogP contribution is 2.30. The number of amides is 1. The minimum atomic E-state index is 0.216. The molecule has 126 valence electrons. The van der Waals surface area contributed by atoms with Gasteiger partial charge in [0.05, 0.1) is 13.7 Å². The fraction of sp³-hybridized carbons (Fsp3) is 0.611. The number of aryl methyl sites for hydroxylation is 1. The number of methoxy groups -OCH3 is 1. The van der Waals surface area contributed by atoms with Crippen LogP contribution in [0, 0.1) is 0 Å². The monoisotopic (exact) mass is 317 g/mol. The number of likely N-dealkylation sites (N-methyl/N-ethyl adjacent to an activating group) is 1. The van der Waals surface area contributed by atoms with E-state index in [1.165, 1.54) is 12.0 Å². The summed E-state index contributed by atoms with van der Waals surface area (Å²) < 4.78 is 5.30. The highest BCUT2D eigenvalue weighted by Gasteiger charge is 2.26. The molecule has 0 saturated carbocycles. The van der Waals surface area contributed by atoms with Crippen LogP contribution in [0.5, 0.6) is 5.75 Å². The van der Waals surface area contributed by atoms with Crippen molar-refractivity contribution in [1.29, 1.82) is 0 Å². The van der Waals surface area contributed by atoms with Gasteiger partial charge < -0.3 is 15.0 Å². The number of fused-ring (bicyclic) bond motifs is 1. The molecule has 0 aliphatic carbocycles. The molecule has 3 rings (SSSR count). The molecule has 5 heteroatoms. The SMILES string of the molecule is CNC1CCCN(CC(=O)N2CCCc3cc(OC)ccc32)C1. The van der Waals surface area contributed by atoms with Gasteiger partial charge in [-0.25, -0.2) is 0 Å². The maximum atomic E-state index is 12.8. The van der Waals surface area contributed by atoms with Gasteiger partial charge in [-0.3, -0.25) is 9.69 Å². The van der Waals surface area contributed by atoms with Crippen molar-refractivity contribution in [2.75, 3.05) is 45.2 Å². The predicted molar refractivity (Wildman–Crippen MR) is 92.2 cm³/mol. The molecule has 1 aromatic carbocycles. The third-order valence-corrected chi connectivity index (χ3v) is 4.98. The highest BCUT2D eigenvalue weighted by atomic mass is 16.5. The van der Waals surface area contributed by atoms with Crippen molar-refractivity contribution < 1.29 is 9.53 Å². The average molecular weight is 317 g/mol. The number of carbonyl (C=O) groups is 1. The van der Waals surface area contributed by atoms with Crippen molar-refractivity contribution in [1.82, 2.24) is 10.2 Å². The zero-order valence-electron chi connectivity index (χ0n) is 14.2. The van der Waals surface area contributed by atoms with Crippen molar-refractivity contribution in [3.8, 4) is 5.75 Å². The molecule has 5 nitrogen and oxygen atoms in total. The van der Waals surface area contributed by atoms with E-state index in [0.29, 0.717) is 12.6 Å². The lowest BCUT2D eigenvalue weighted by Gasteiger charge is -2.35. The number of rotatable bonds is 4. The third kappa shape index (κ3) is 3.67. The molecule has 0 aromatic heterocycles. The van der Waals surface area contributed by atoms with Gasteiger partial charge in [0.2, 0.25) is 5.91 Å². The van der Waals surface area contributed by atoms with Crippen LogP contribution >= 0.6 is 0 Å². The van der Waals surface area contributed by atoms with Gasteiger partial charge in [-0.05, 0) is 63.0 Å². The van der Waals surface area contributed by atoms with E-state index in [9.17, 15) is 4.79 Å². The van der Waals surface area contributed by atoms with Crippen LogP contribution in [-0.4, -0.2) is 57.2 Å². The fourth-order valence-electron chi connectivity index (χ4n) is 3.67. The van der Waals surface area contributed by atoms with Gasteiger partial charge in [-0.1, -0.05) is 0 Å². The Balaban J connectivity index is 1.69. The number of nitrogens with zero attached hydrogens (tertiary/aromatic N) is 2. The van der Waals surface area contributed by atoms with Gasteiger partial charge in [0.25, 0.3) is 0 Å². The summed E-state index contributed by atoms with van der Waals surface area (Å²) in [6.45, 7) is 3.32. The van der Waals surface area contributed by atoms with Gasteiger partial charge in [0.15, 0.2) is 0 Å². The number of carbonyl (C=O) groups excluding carboxylic acids is 1. The molecule has 2 aliphatic heterocycles. The van der Waals surface area contributed by atoms with Crippen molar-refractivity contribution in [2.24, 2.45) is 0 Å². The number of likely N-dealkylation sites (tertiary alicyclic amines) is 1. The maximum Gasteiger partial charge on any atom is 0.241 e. The van der Waals surface area contributed by atoms with Gasteiger partial charge in [0, 0.05) is 24.8 Å². The average Bonchev–Trinajstić information content (AvgIpc) is 2.60. The molecule has 1 saturated heterocycles. The molecule has 1 N–H and O–H groups in total. The Morgan fingerprint density at radius 2 is 2.22 bits per heavy atom. The molecule has 23 heavy (non-hydrogen) atoms. The normalized spacial score (nSPS) is 21.8. The number of ether oxygens (including phenoxy) is 1. The second-order valence-corrected chi connectivity index (χ2v) is 6.51. The summed E-state index contributed by atoms with van der Waals surface area (Å²) in [6, 6.07) is 6.54. The van der Waals surface area contributed by atoms with Crippen LogP contribution in [0.25, 0.3) is 0 Å². The summed E-state index contributed by atoms with van der Waals surface area (Å²) in [6.07, 6.45) is 4.40. The lowest BCUT2D eigenvalue weighted by molar-refractivity contribution is -0.120. The molecule has 2 aliphatic rings. The molecule has 1 fully saturated rings. The second-order valence-electron chi connectivity index (χ2n) is 6.51. The smallest absolute Gasteiger partial charge is 0.241 e. The summed E-state index contributed by atoms with van der Waals surface area (Å²) in [5.74, 6) is 1.08. The van der Waals surface area contributed by atoms with E-state index >= 15 is 0 Å². The first-order chi connectivity index (χ1) is 11.2. The zero-order valence-corrected chi connectivity index (χ0v) is 14.2. The van der Waals surface area contributed by atoms with E-state index < -0.39 is 0 Å².